The predicted molar refractivity (Wildman–Crippen MR) is 78.3 cm³/mol. The summed E-state index contributed by atoms with van der Waals surface area (Å²) in [7, 11) is 0. The van der Waals surface area contributed by atoms with Crippen molar-refractivity contribution in [2.24, 2.45) is 0 Å². The van der Waals surface area contributed by atoms with E-state index in [1.165, 1.54) is 0 Å². The summed E-state index contributed by atoms with van der Waals surface area (Å²) in [5.74, 6) is 0. The molecule has 0 aliphatic rings. The fourth-order valence-corrected chi connectivity index (χ4v) is 2.16. The minimum absolute atomic E-state index is 0.527. The molecule has 2 aromatic carbocycles. The van der Waals surface area contributed by atoms with Crippen LogP contribution in [-0.4, -0.2) is 0 Å². The monoisotopic (exact) mass is 331 g/mol. The van der Waals surface area contributed by atoms with E-state index in [1.54, 1.807) is 36.4 Å². The molecule has 0 amide bonds. The largest absolute Gasteiger partial charge is 0.354 e. The molecular formula is C14H7BrClN3. The molecule has 0 unspecified atom stereocenters. The topological polar surface area (TPSA) is 59.6 Å². The Bertz CT molecular complexity index is 714. The molecule has 0 saturated heterocycles. The van der Waals surface area contributed by atoms with E-state index in [9.17, 15) is 0 Å². The summed E-state index contributed by atoms with van der Waals surface area (Å²) in [5, 5.41) is 21.4. The van der Waals surface area contributed by atoms with Gasteiger partial charge in [-0.2, -0.15) is 10.5 Å². The molecule has 3 nitrogen and oxygen atoms in total. The number of hydrogen-bond donors (Lipinski definition) is 1. The molecule has 0 heterocycles. The summed E-state index contributed by atoms with van der Waals surface area (Å²) in [6.45, 7) is 0. The van der Waals surface area contributed by atoms with E-state index in [4.69, 9.17) is 22.1 Å². The maximum Gasteiger partial charge on any atom is 0.100 e. The zero-order chi connectivity index (χ0) is 13.8. The van der Waals surface area contributed by atoms with Crippen LogP contribution in [0.5, 0.6) is 0 Å². The second-order valence-electron chi connectivity index (χ2n) is 3.74. The first-order valence-corrected chi connectivity index (χ1v) is 6.47. The Kier molecular flexibility index (Phi) is 4.06. The van der Waals surface area contributed by atoms with Gasteiger partial charge in [-0.3, -0.25) is 0 Å². The molecule has 92 valence electrons. The highest BCUT2D eigenvalue weighted by molar-refractivity contribution is 9.10. The molecule has 0 spiro atoms. The first-order valence-electron chi connectivity index (χ1n) is 5.30. The van der Waals surface area contributed by atoms with Crippen LogP contribution in [0.3, 0.4) is 0 Å². The number of hydrogen-bond acceptors (Lipinski definition) is 3. The molecular weight excluding hydrogens is 326 g/mol. The number of anilines is 2. The highest BCUT2D eigenvalue weighted by atomic mass is 79.9. The van der Waals surface area contributed by atoms with Crippen molar-refractivity contribution >= 4 is 38.9 Å². The highest BCUT2D eigenvalue weighted by Crippen LogP contribution is 2.28. The van der Waals surface area contributed by atoms with Crippen molar-refractivity contribution in [1.29, 1.82) is 10.5 Å². The average Bonchev–Trinajstić information content (AvgIpc) is 2.41. The molecule has 0 bridgehead atoms. The van der Waals surface area contributed by atoms with Crippen molar-refractivity contribution in [1.82, 2.24) is 0 Å². The van der Waals surface area contributed by atoms with Crippen LogP contribution in [0.25, 0.3) is 0 Å². The van der Waals surface area contributed by atoms with Gasteiger partial charge in [0.2, 0.25) is 0 Å². The SMILES string of the molecule is N#Cc1ccc(Cl)c(Nc2ccc(C#N)c(Br)c2)c1. The van der Waals surface area contributed by atoms with Gasteiger partial charge in [0.25, 0.3) is 0 Å². The molecule has 19 heavy (non-hydrogen) atoms. The lowest BCUT2D eigenvalue weighted by Crippen LogP contribution is -1.93. The molecule has 0 aliphatic heterocycles. The zero-order valence-corrected chi connectivity index (χ0v) is 12.0. The Morgan fingerprint density at radius 3 is 2.47 bits per heavy atom. The second kappa shape index (κ2) is 5.75. The van der Waals surface area contributed by atoms with Crippen molar-refractivity contribution in [2.75, 3.05) is 5.32 Å². The van der Waals surface area contributed by atoms with Gasteiger partial charge in [0.1, 0.15) is 6.07 Å². The summed E-state index contributed by atoms with van der Waals surface area (Å²) >= 11 is 9.38. The van der Waals surface area contributed by atoms with Crippen molar-refractivity contribution in [3.63, 3.8) is 0 Å². The Labute approximate surface area is 124 Å². The van der Waals surface area contributed by atoms with Crippen molar-refractivity contribution < 1.29 is 0 Å². The Hall–Kier alpha value is -2.01. The Balaban J connectivity index is 2.34. The molecule has 2 aromatic rings. The molecule has 0 fully saturated rings. The normalized spacial score (nSPS) is 9.47. The van der Waals surface area contributed by atoms with Gasteiger partial charge >= 0.3 is 0 Å². The molecule has 0 radical (unpaired) electrons. The summed E-state index contributed by atoms with van der Waals surface area (Å²) in [6.07, 6.45) is 0. The number of benzene rings is 2. The molecule has 5 heteroatoms. The minimum Gasteiger partial charge on any atom is -0.354 e. The molecule has 0 aromatic heterocycles. The van der Waals surface area contributed by atoms with Gasteiger partial charge < -0.3 is 5.32 Å². The van der Waals surface area contributed by atoms with Crippen LogP contribution in [-0.2, 0) is 0 Å². The lowest BCUT2D eigenvalue weighted by atomic mass is 10.2. The summed E-state index contributed by atoms with van der Waals surface area (Å²) < 4.78 is 0.701. The van der Waals surface area contributed by atoms with E-state index in [0.29, 0.717) is 26.3 Å². The first-order chi connectivity index (χ1) is 9.13. The van der Waals surface area contributed by atoms with Gasteiger partial charge in [0, 0.05) is 10.2 Å². The fraction of sp³-hybridized carbons (Fsp3) is 0. The molecule has 0 atom stereocenters. The van der Waals surface area contributed by atoms with Crippen molar-refractivity contribution in [2.45, 2.75) is 0 Å². The van der Waals surface area contributed by atoms with Gasteiger partial charge in [-0.1, -0.05) is 11.6 Å². The number of nitriles is 2. The van der Waals surface area contributed by atoms with Gasteiger partial charge in [-0.05, 0) is 52.3 Å². The first kappa shape index (κ1) is 13.4. The smallest absolute Gasteiger partial charge is 0.100 e. The summed E-state index contributed by atoms with van der Waals surface area (Å²) in [6, 6.07) is 14.4. The van der Waals surface area contributed by atoms with Crippen LogP contribution in [0, 0.1) is 22.7 Å². The lowest BCUT2D eigenvalue weighted by molar-refractivity contribution is 1.44. The van der Waals surface area contributed by atoms with Crippen LogP contribution in [0.4, 0.5) is 11.4 Å². The van der Waals surface area contributed by atoms with E-state index >= 15 is 0 Å². The van der Waals surface area contributed by atoms with Gasteiger partial charge in [0.15, 0.2) is 0 Å². The summed E-state index contributed by atoms with van der Waals surface area (Å²) in [4.78, 5) is 0. The standard InChI is InChI=1S/C14H7BrClN3/c15-12-6-11(3-2-10(12)8-18)19-14-5-9(7-17)1-4-13(14)16/h1-6,19H. The number of nitrogens with zero attached hydrogens (tertiary/aromatic N) is 2. The van der Waals surface area contributed by atoms with E-state index < -0.39 is 0 Å². The van der Waals surface area contributed by atoms with Crippen molar-refractivity contribution in [3.05, 3.63) is 57.0 Å². The highest BCUT2D eigenvalue weighted by Gasteiger charge is 2.05. The third kappa shape index (κ3) is 3.06. The summed E-state index contributed by atoms with van der Waals surface area (Å²) in [5.41, 5.74) is 2.52. The number of nitrogens with one attached hydrogen (secondary N) is 1. The third-order valence-corrected chi connectivity index (χ3v) is 3.45. The number of halogens is 2. The Morgan fingerprint density at radius 2 is 1.84 bits per heavy atom. The molecule has 0 saturated carbocycles. The second-order valence-corrected chi connectivity index (χ2v) is 5.00. The maximum atomic E-state index is 8.87. The zero-order valence-electron chi connectivity index (χ0n) is 9.61. The van der Waals surface area contributed by atoms with E-state index in [0.717, 1.165) is 5.69 Å². The van der Waals surface area contributed by atoms with Gasteiger partial charge in [-0.15, -0.1) is 0 Å². The fourth-order valence-electron chi connectivity index (χ4n) is 1.53. The minimum atomic E-state index is 0.527. The van der Waals surface area contributed by atoms with Crippen LogP contribution in [0.1, 0.15) is 11.1 Å². The van der Waals surface area contributed by atoms with Crippen molar-refractivity contribution in [3.8, 4) is 12.1 Å². The van der Waals surface area contributed by atoms with Crippen LogP contribution < -0.4 is 5.32 Å². The van der Waals surface area contributed by atoms with Crippen LogP contribution in [0.2, 0.25) is 5.02 Å². The van der Waals surface area contributed by atoms with Gasteiger partial charge in [-0.25, -0.2) is 0 Å². The van der Waals surface area contributed by atoms with E-state index in [2.05, 4.69) is 33.4 Å². The number of rotatable bonds is 2. The van der Waals surface area contributed by atoms with Gasteiger partial charge in [0.05, 0.1) is 27.9 Å². The quantitative estimate of drug-likeness (QED) is 0.875. The molecule has 0 aliphatic carbocycles. The van der Waals surface area contributed by atoms with Crippen LogP contribution in [0.15, 0.2) is 40.9 Å². The Morgan fingerprint density at radius 1 is 1.05 bits per heavy atom. The maximum absolute atomic E-state index is 8.87. The molecule has 1 N–H and O–H groups in total. The van der Waals surface area contributed by atoms with E-state index in [-0.39, 0.29) is 0 Å². The van der Waals surface area contributed by atoms with E-state index in [1.807, 2.05) is 0 Å². The lowest BCUT2D eigenvalue weighted by Gasteiger charge is -2.09. The molecule has 2 rings (SSSR count). The average molecular weight is 333 g/mol. The predicted octanol–water partition coefficient (Wildman–Crippen LogP) is 4.59. The third-order valence-electron chi connectivity index (χ3n) is 2.46. The van der Waals surface area contributed by atoms with Crippen LogP contribution >= 0.6 is 27.5 Å².